The summed E-state index contributed by atoms with van der Waals surface area (Å²) in [6.07, 6.45) is 10.4. The maximum absolute atomic E-state index is 11.6. The van der Waals surface area contributed by atoms with Gasteiger partial charge in [-0.25, -0.2) is 0 Å². The number of hydrogen-bond acceptors (Lipinski definition) is 1. The van der Waals surface area contributed by atoms with Crippen LogP contribution in [0.1, 0.15) is 72.6 Å². The van der Waals surface area contributed by atoms with Crippen LogP contribution in [-0.2, 0) is 4.79 Å². The summed E-state index contributed by atoms with van der Waals surface area (Å²) in [6, 6.07) is 0. The average molecular weight is 290 g/mol. The van der Waals surface area contributed by atoms with Crippen molar-refractivity contribution in [3.63, 3.8) is 0 Å². The third-order valence-electron chi connectivity index (χ3n) is 7.19. The fraction of sp³-hybridized carbons (Fsp3) is 0.842. The van der Waals surface area contributed by atoms with Crippen molar-refractivity contribution in [2.24, 2.45) is 28.1 Å². The molecule has 0 amide bonds. The molecule has 118 valence electrons. The molecule has 0 spiro atoms. The number of carboxylic acids is 1. The van der Waals surface area contributed by atoms with Crippen LogP contribution < -0.4 is 0 Å². The molecule has 3 aliphatic carbocycles. The Kier molecular flexibility index (Phi) is 3.31. The molecular weight excluding hydrogens is 260 g/mol. The Morgan fingerprint density at radius 3 is 2.52 bits per heavy atom. The predicted molar refractivity (Wildman–Crippen MR) is 85.0 cm³/mol. The van der Waals surface area contributed by atoms with E-state index in [9.17, 15) is 9.90 Å². The Labute approximate surface area is 129 Å². The SMILES string of the molecule is CC1(C)CCC[C@]2(C)[C@H]3CC[C@@](C)(C(=O)O)C=C3CC[C@@H]12. The van der Waals surface area contributed by atoms with E-state index in [0.29, 0.717) is 16.7 Å². The molecule has 1 N–H and O–H groups in total. The highest BCUT2D eigenvalue weighted by Crippen LogP contribution is 2.63. The quantitative estimate of drug-likeness (QED) is 0.687. The monoisotopic (exact) mass is 290 g/mol. The zero-order valence-corrected chi connectivity index (χ0v) is 14.0. The summed E-state index contributed by atoms with van der Waals surface area (Å²) in [7, 11) is 0. The molecule has 3 rings (SSSR count). The Bertz CT molecular complexity index is 490. The van der Waals surface area contributed by atoms with Gasteiger partial charge in [0.2, 0.25) is 0 Å². The number of hydrogen-bond donors (Lipinski definition) is 1. The topological polar surface area (TPSA) is 37.3 Å². The summed E-state index contributed by atoms with van der Waals surface area (Å²) >= 11 is 0. The zero-order chi connectivity index (χ0) is 15.5. The number of fused-ring (bicyclic) bond motifs is 3. The van der Waals surface area contributed by atoms with Gasteiger partial charge in [-0.3, -0.25) is 4.79 Å². The van der Waals surface area contributed by atoms with E-state index in [4.69, 9.17) is 0 Å². The number of aliphatic carboxylic acids is 1. The van der Waals surface area contributed by atoms with Gasteiger partial charge in [0.05, 0.1) is 5.41 Å². The second-order valence-corrected chi connectivity index (χ2v) is 8.97. The van der Waals surface area contributed by atoms with Crippen LogP contribution in [0.25, 0.3) is 0 Å². The van der Waals surface area contributed by atoms with Crippen LogP contribution in [0.2, 0.25) is 0 Å². The predicted octanol–water partition coefficient (Wildman–Crippen LogP) is 5.04. The van der Waals surface area contributed by atoms with E-state index in [1.165, 1.54) is 31.3 Å². The summed E-state index contributed by atoms with van der Waals surface area (Å²) in [5, 5.41) is 9.52. The minimum Gasteiger partial charge on any atom is -0.481 e. The fourth-order valence-corrected chi connectivity index (χ4v) is 5.99. The molecule has 2 fully saturated rings. The van der Waals surface area contributed by atoms with Gasteiger partial charge >= 0.3 is 5.97 Å². The van der Waals surface area contributed by atoms with E-state index in [2.05, 4.69) is 26.8 Å². The van der Waals surface area contributed by atoms with Gasteiger partial charge in [-0.1, -0.05) is 38.8 Å². The number of rotatable bonds is 1. The molecule has 0 unspecified atom stereocenters. The van der Waals surface area contributed by atoms with Gasteiger partial charge < -0.3 is 5.11 Å². The molecule has 0 aromatic carbocycles. The number of allylic oxidation sites excluding steroid dienone is 1. The van der Waals surface area contributed by atoms with Gasteiger partial charge in [-0.05, 0) is 68.1 Å². The van der Waals surface area contributed by atoms with Crippen molar-refractivity contribution in [3.8, 4) is 0 Å². The number of carboxylic acid groups (broad SMARTS) is 1. The van der Waals surface area contributed by atoms with Crippen LogP contribution in [0.5, 0.6) is 0 Å². The minimum atomic E-state index is -0.648. The maximum Gasteiger partial charge on any atom is 0.313 e. The van der Waals surface area contributed by atoms with Gasteiger partial charge in [0, 0.05) is 0 Å². The van der Waals surface area contributed by atoms with Crippen LogP contribution in [0.15, 0.2) is 11.6 Å². The maximum atomic E-state index is 11.6. The van der Waals surface area contributed by atoms with E-state index in [1.807, 2.05) is 6.92 Å². The molecule has 0 bridgehead atoms. The second-order valence-electron chi connectivity index (χ2n) is 8.97. The average Bonchev–Trinajstić information content (AvgIpc) is 2.37. The van der Waals surface area contributed by atoms with Gasteiger partial charge in [-0.2, -0.15) is 0 Å². The van der Waals surface area contributed by atoms with E-state index < -0.39 is 11.4 Å². The Hall–Kier alpha value is -0.790. The van der Waals surface area contributed by atoms with Crippen LogP contribution in [0, 0.1) is 28.1 Å². The Morgan fingerprint density at radius 2 is 1.86 bits per heavy atom. The Balaban J connectivity index is 1.96. The molecule has 0 radical (unpaired) electrons. The highest BCUT2D eigenvalue weighted by atomic mass is 16.4. The smallest absolute Gasteiger partial charge is 0.313 e. The first-order valence-corrected chi connectivity index (χ1v) is 8.64. The summed E-state index contributed by atoms with van der Waals surface area (Å²) in [6.45, 7) is 9.30. The zero-order valence-electron chi connectivity index (χ0n) is 14.0. The summed E-state index contributed by atoms with van der Waals surface area (Å²) < 4.78 is 0. The first kappa shape index (κ1) is 15.1. The van der Waals surface area contributed by atoms with Crippen molar-refractivity contribution < 1.29 is 9.90 Å². The van der Waals surface area contributed by atoms with E-state index in [1.54, 1.807) is 0 Å². The molecule has 0 saturated heterocycles. The molecule has 21 heavy (non-hydrogen) atoms. The van der Waals surface area contributed by atoms with Crippen LogP contribution in [0.4, 0.5) is 0 Å². The molecule has 3 aliphatic rings. The summed E-state index contributed by atoms with van der Waals surface area (Å²) in [4.78, 5) is 11.6. The third kappa shape index (κ3) is 2.17. The molecule has 4 atom stereocenters. The number of carbonyl (C=O) groups is 1. The van der Waals surface area contributed by atoms with Gasteiger partial charge in [0.15, 0.2) is 0 Å². The van der Waals surface area contributed by atoms with Crippen molar-refractivity contribution in [1.29, 1.82) is 0 Å². The minimum absolute atomic E-state index is 0.395. The van der Waals surface area contributed by atoms with E-state index in [0.717, 1.165) is 25.2 Å². The second kappa shape index (κ2) is 4.60. The lowest BCUT2D eigenvalue weighted by molar-refractivity contribution is -0.146. The molecule has 0 heterocycles. The van der Waals surface area contributed by atoms with Crippen molar-refractivity contribution in [2.75, 3.05) is 0 Å². The highest BCUT2D eigenvalue weighted by Gasteiger charge is 2.54. The standard InChI is InChI=1S/C19H30O2/c1-17(2)9-5-10-19(4)14-8-11-18(3,16(20)21)12-13(14)6-7-15(17)19/h12,14-15H,5-11H2,1-4H3,(H,20,21)/t14-,15-,18+,19+/m0/s1. The molecule has 0 aromatic rings. The van der Waals surface area contributed by atoms with Crippen LogP contribution in [0.3, 0.4) is 0 Å². The van der Waals surface area contributed by atoms with Crippen molar-refractivity contribution in [3.05, 3.63) is 11.6 Å². The summed E-state index contributed by atoms with van der Waals surface area (Å²) in [5.74, 6) is 0.781. The lowest BCUT2D eigenvalue weighted by atomic mass is 9.45. The largest absolute Gasteiger partial charge is 0.481 e. The summed E-state index contributed by atoms with van der Waals surface area (Å²) in [5.41, 5.74) is 1.68. The van der Waals surface area contributed by atoms with E-state index in [-0.39, 0.29) is 0 Å². The first-order valence-electron chi connectivity index (χ1n) is 8.64. The van der Waals surface area contributed by atoms with Crippen LogP contribution >= 0.6 is 0 Å². The van der Waals surface area contributed by atoms with Crippen molar-refractivity contribution >= 4 is 5.97 Å². The van der Waals surface area contributed by atoms with Gasteiger partial charge in [0.1, 0.15) is 0 Å². The normalized spacial score (nSPS) is 45.2. The van der Waals surface area contributed by atoms with Gasteiger partial charge in [0.25, 0.3) is 0 Å². The molecular formula is C19H30O2. The Morgan fingerprint density at radius 1 is 1.14 bits per heavy atom. The lowest BCUT2D eigenvalue weighted by Crippen LogP contribution is -2.51. The molecule has 0 aliphatic heterocycles. The van der Waals surface area contributed by atoms with Crippen LogP contribution in [-0.4, -0.2) is 11.1 Å². The highest BCUT2D eigenvalue weighted by molar-refractivity contribution is 5.77. The van der Waals surface area contributed by atoms with Gasteiger partial charge in [-0.15, -0.1) is 0 Å². The third-order valence-corrected chi connectivity index (χ3v) is 7.19. The van der Waals surface area contributed by atoms with Crippen molar-refractivity contribution in [1.82, 2.24) is 0 Å². The molecule has 2 heteroatoms. The fourth-order valence-electron chi connectivity index (χ4n) is 5.99. The van der Waals surface area contributed by atoms with Crippen molar-refractivity contribution in [2.45, 2.75) is 72.6 Å². The molecule has 2 saturated carbocycles. The molecule has 0 aromatic heterocycles. The lowest BCUT2D eigenvalue weighted by Gasteiger charge is -2.59. The van der Waals surface area contributed by atoms with E-state index >= 15 is 0 Å². The molecule has 2 nitrogen and oxygen atoms in total. The first-order chi connectivity index (χ1) is 9.69.